The zero-order chi connectivity index (χ0) is 15.8. The predicted octanol–water partition coefficient (Wildman–Crippen LogP) is 2.83. The van der Waals surface area contributed by atoms with Gasteiger partial charge in [0.15, 0.2) is 5.82 Å². The minimum Gasteiger partial charge on any atom is -0.382 e. The number of rotatable bonds is 3. The molecule has 0 radical (unpaired) electrons. The molecule has 0 unspecified atom stereocenters. The van der Waals surface area contributed by atoms with E-state index in [1.807, 2.05) is 30.3 Å². The Hall–Kier alpha value is -3.13. The van der Waals surface area contributed by atoms with Crippen LogP contribution in [0.2, 0.25) is 0 Å². The van der Waals surface area contributed by atoms with E-state index in [0.717, 1.165) is 28.0 Å². The monoisotopic (exact) mass is 301 g/mol. The minimum absolute atomic E-state index is 0.379. The van der Waals surface area contributed by atoms with Gasteiger partial charge in [-0.15, -0.1) is 6.42 Å². The number of hydrogen-bond donors (Lipinski definition) is 2. The van der Waals surface area contributed by atoms with E-state index in [9.17, 15) is 0 Å². The second-order valence-corrected chi connectivity index (χ2v) is 5.65. The lowest BCUT2D eigenvalue weighted by molar-refractivity contribution is 1.14. The van der Waals surface area contributed by atoms with E-state index < -0.39 is 0 Å². The fraction of sp³-hybridized carbons (Fsp3) is 0.167. The highest BCUT2D eigenvalue weighted by Crippen LogP contribution is 2.32. The Morgan fingerprint density at radius 3 is 2.83 bits per heavy atom. The molecule has 0 bridgehead atoms. The van der Waals surface area contributed by atoms with Gasteiger partial charge in [0, 0.05) is 17.2 Å². The minimum atomic E-state index is 0.379. The summed E-state index contributed by atoms with van der Waals surface area (Å²) in [7, 11) is 0. The van der Waals surface area contributed by atoms with E-state index in [4.69, 9.17) is 12.2 Å². The van der Waals surface area contributed by atoms with E-state index in [1.165, 1.54) is 19.2 Å². The molecule has 1 aromatic carbocycles. The van der Waals surface area contributed by atoms with Gasteiger partial charge < -0.3 is 11.1 Å². The van der Waals surface area contributed by atoms with Crippen molar-refractivity contribution >= 4 is 22.5 Å². The number of benzene rings is 1. The van der Waals surface area contributed by atoms with Crippen LogP contribution in [0.4, 0.5) is 11.5 Å². The SMILES string of the molecule is C#Cc1cccc(-c2cc(NC3CC3)c3ncnc(N)c3n2)c1. The lowest BCUT2D eigenvalue weighted by Crippen LogP contribution is -2.05. The van der Waals surface area contributed by atoms with Crippen LogP contribution < -0.4 is 11.1 Å². The molecule has 1 aliphatic carbocycles. The molecule has 23 heavy (non-hydrogen) atoms. The Kier molecular flexibility index (Phi) is 3.09. The van der Waals surface area contributed by atoms with Gasteiger partial charge in [-0.25, -0.2) is 15.0 Å². The van der Waals surface area contributed by atoms with Gasteiger partial charge in [-0.2, -0.15) is 0 Å². The van der Waals surface area contributed by atoms with Crippen molar-refractivity contribution < 1.29 is 0 Å². The molecular weight excluding hydrogens is 286 g/mol. The van der Waals surface area contributed by atoms with Gasteiger partial charge in [0.25, 0.3) is 0 Å². The Morgan fingerprint density at radius 1 is 1.17 bits per heavy atom. The first kappa shape index (κ1) is 13.5. The van der Waals surface area contributed by atoms with Crippen molar-refractivity contribution in [2.24, 2.45) is 0 Å². The summed E-state index contributed by atoms with van der Waals surface area (Å²) in [5.41, 5.74) is 10.9. The lowest BCUT2D eigenvalue weighted by atomic mass is 10.1. The molecule has 5 nitrogen and oxygen atoms in total. The zero-order valence-corrected chi connectivity index (χ0v) is 12.5. The fourth-order valence-electron chi connectivity index (χ4n) is 2.53. The maximum atomic E-state index is 6.00. The molecule has 112 valence electrons. The molecule has 0 aliphatic heterocycles. The fourth-order valence-corrected chi connectivity index (χ4v) is 2.53. The van der Waals surface area contributed by atoms with Crippen LogP contribution in [0.1, 0.15) is 18.4 Å². The number of nitrogen functional groups attached to an aromatic ring is 1. The Balaban J connectivity index is 1.92. The van der Waals surface area contributed by atoms with Crippen LogP contribution in [-0.2, 0) is 0 Å². The quantitative estimate of drug-likeness (QED) is 0.727. The zero-order valence-electron chi connectivity index (χ0n) is 12.5. The van der Waals surface area contributed by atoms with Crippen molar-refractivity contribution in [3.63, 3.8) is 0 Å². The standard InChI is InChI=1S/C18H15N5/c1-2-11-4-3-5-12(8-11)14-9-15(22-13-6-7-13)16-17(23-14)18(19)21-10-20-16/h1,3-5,8-10,13H,6-7H2,(H,22,23)(H2,19,20,21). The molecule has 2 heterocycles. The smallest absolute Gasteiger partial charge is 0.153 e. The van der Waals surface area contributed by atoms with Crippen LogP contribution in [0.5, 0.6) is 0 Å². The number of terminal acetylenes is 1. The van der Waals surface area contributed by atoms with Crippen molar-refractivity contribution in [2.45, 2.75) is 18.9 Å². The topological polar surface area (TPSA) is 76.7 Å². The highest BCUT2D eigenvalue weighted by molar-refractivity contribution is 5.95. The molecule has 0 saturated heterocycles. The summed E-state index contributed by atoms with van der Waals surface area (Å²) in [5.74, 6) is 3.03. The van der Waals surface area contributed by atoms with Crippen molar-refractivity contribution in [1.29, 1.82) is 0 Å². The molecular formula is C18H15N5. The number of nitrogens with one attached hydrogen (secondary N) is 1. The second-order valence-electron chi connectivity index (χ2n) is 5.65. The molecule has 1 saturated carbocycles. The van der Waals surface area contributed by atoms with Gasteiger partial charge in [0.1, 0.15) is 17.4 Å². The summed E-state index contributed by atoms with van der Waals surface area (Å²) in [4.78, 5) is 13.0. The number of fused-ring (bicyclic) bond motifs is 1. The average Bonchev–Trinajstić information content (AvgIpc) is 3.39. The summed E-state index contributed by atoms with van der Waals surface area (Å²) in [6, 6.07) is 10.2. The molecule has 0 spiro atoms. The van der Waals surface area contributed by atoms with Crippen molar-refractivity contribution in [1.82, 2.24) is 15.0 Å². The normalized spacial score (nSPS) is 13.7. The molecule has 2 aromatic heterocycles. The number of pyridine rings is 1. The van der Waals surface area contributed by atoms with Crippen LogP contribution >= 0.6 is 0 Å². The Labute approximate surface area is 134 Å². The number of anilines is 2. The van der Waals surface area contributed by atoms with Crippen LogP contribution in [-0.4, -0.2) is 21.0 Å². The Morgan fingerprint density at radius 2 is 2.04 bits per heavy atom. The molecule has 5 heteroatoms. The molecule has 0 atom stereocenters. The summed E-state index contributed by atoms with van der Waals surface area (Å²) >= 11 is 0. The average molecular weight is 301 g/mol. The number of nitrogens with two attached hydrogens (primary N) is 1. The maximum absolute atomic E-state index is 6.00. The first-order chi connectivity index (χ1) is 11.2. The highest BCUT2D eigenvalue weighted by Gasteiger charge is 2.23. The van der Waals surface area contributed by atoms with Crippen LogP contribution in [0.15, 0.2) is 36.7 Å². The van der Waals surface area contributed by atoms with Gasteiger partial charge in [0.2, 0.25) is 0 Å². The van der Waals surface area contributed by atoms with E-state index in [1.54, 1.807) is 0 Å². The largest absolute Gasteiger partial charge is 0.382 e. The number of hydrogen-bond acceptors (Lipinski definition) is 5. The van der Waals surface area contributed by atoms with Gasteiger partial charge in [-0.1, -0.05) is 18.1 Å². The van der Waals surface area contributed by atoms with E-state index in [0.29, 0.717) is 17.4 Å². The van der Waals surface area contributed by atoms with Crippen LogP contribution in [0.3, 0.4) is 0 Å². The molecule has 1 fully saturated rings. The highest BCUT2D eigenvalue weighted by atomic mass is 15.0. The summed E-state index contributed by atoms with van der Waals surface area (Å²) in [5, 5.41) is 3.50. The summed E-state index contributed by atoms with van der Waals surface area (Å²) in [6.07, 6.45) is 9.31. The van der Waals surface area contributed by atoms with Gasteiger partial charge in [-0.3, -0.25) is 0 Å². The number of nitrogens with zero attached hydrogens (tertiary/aromatic N) is 3. The summed E-state index contributed by atoms with van der Waals surface area (Å²) < 4.78 is 0. The van der Waals surface area contributed by atoms with Gasteiger partial charge in [-0.05, 0) is 31.0 Å². The van der Waals surface area contributed by atoms with E-state index in [2.05, 4.69) is 26.2 Å². The molecule has 1 aliphatic rings. The number of aromatic nitrogens is 3. The van der Waals surface area contributed by atoms with E-state index >= 15 is 0 Å². The molecule has 3 aromatic rings. The van der Waals surface area contributed by atoms with Gasteiger partial charge >= 0.3 is 0 Å². The molecule has 0 amide bonds. The third kappa shape index (κ3) is 2.55. The first-order valence-electron chi connectivity index (χ1n) is 7.49. The molecule has 4 rings (SSSR count). The first-order valence-corrected chi connectivity index (χ1v) is 7.49. The third-order valence-electron chi connectivity index (χ3n) is 3.88. The summed E-state index contributed by atoms with van der Waals surface area (Å²) in [6.45, 7) is 0. The molecule has 3 N–H and O–H groups in total. The van der Waals surface area contributed by atoms with Crippen molar-refractivity contribution in [3.05, 3.63) is 42.2 Å². The van der Waals surface area contributed by atoms with E-state index in [-0.39, 0.29) is 0 Å². The van der Waals surface area contributed by atoms with Crippen LogP contribution in [0.25, 0.3) is 22.3 Å². The second kappa shape index (κ2) is 5.25. The van der Waals surface area contributed by atoms with Crippen molar-refractivity contribution in [2.75, 3.05) is 11.1 Å². The maximum Gasteiger partial charge on any atom is 0.153 e. The van der Waals surface area contributed by atoms with Crippen molar-refractivity contribution in [3.8, 4) is 23.6 Å². The lowest BCUT2D eigenvalue weighted by Gasteiger charge is -2.11. The van der Waals surface area contributed by atoms with Crippen LogP contribution in [0, 0.1) is 12.3 Å². The third-order valence-corrected chi connectivity index (χ3v) is 3.88. The Bertz CT molecular complexity index is 938. The van der Waals surface area contributed by atoms with Gasteiger partial charge in [0.05, 0.1) is 11.4 Å². The predicted molar refractivity (Wildman–Crippen MR) is 91.8 cm³/mol.